The summed E-state index contributed by atoms with van der Waals surface area (Å²) in [5.74, 6) is 1.42. The molecule has 60 valence electrons. The largest absolute Gasteiger partial charge is 0.298 e. The molecule has 0 heterocycles. The lowest BCUT2D eigenvalue weighted by molar-refractivity contribution is -0.105. The number of aldehydes is 1. The van der Waals surface area contributed by atoms with Gasteiger partial charge in [0.25, 0.3) is 0 Å². The van der Waals surface area contributed by atoms with Crippen LogP contribution in [-0.4, -0.2) is 6.29 Å². The lowest BCUT2D eigenvalue weighted by atomic mass is 10.0. The molecule has 2 rings (SSSR count). The van der Waals surface area contributed by atoms with Crippen LogP contribution in [0.25, 0.3) is 0 Å². The Morgan fingerprint density at radius 3 is 2.09 bits per heavy atom. The lowest BCUT2D eigenvalue weighted by Gasteiger charge is -2.02. The van der Waals surface area contributed by atoms with Crippen molar-refractivity contribution in [1.29, 1.82) is 0 Å². The number of hydrogen-bond acceptors (Lipinski definition) is 1. The third-order valence-electron chi connectivity index (χ3n) is 2.79. The highest BCUT2D eigenvalue weighted by Gasteiger charge is 2.32. The molecule has 2 saturated carbocycles. The van der Waals surface area contributed by atoms with E-state index in [0.29, 0.717) is 5.92 Å². The smallest absolute Gasteiger partial charge is 0.146 e. The number of rotatable bonds is 3. The summed E-state index contributed by atoms with van der Waals surface area (Å²) in [6, 6.07) is 0. The molecule has 2 fully saturated rings. The number of carbonyl (C=O) groups is 1. The Bertz CT molecular complexity index is 207. The fraction of sp³-hybridized carbons (Fsp3) is 0.700. The molecule has 2 aliphatic rings. The van der Waals surface area contributed by atoms with E-state index < -0.39 is 0 Å². The van der Waals surface area contributed by atoms with Crippen molar-refractivity contribution in [1.82, 2.24) is 0 Å². The Morgan fingerprint density at radius 1 is 1.18 bits per heavy atom. The summed E-state index contributed by atoms with van der Waals surface area (Å²) in [6.45, 7) is 2.14. The standard InChI is InChI=1S/C10H14O/c1-7(8-2-3-8)10(6-11)9-4-5-9/h6,8-9H,2-5H2,1H3. The zero-order chi connectivity index (χ0) is 7.84. The first kappa shape index (κ1) is 7.08. The fourth-order valence-corrected chi connectivity index (χ4v) is 1.66. The van der Waals surface area contributed by atoms with E-state index >= 15 is 0 Å². The molecule has 0 aliphatic heterocycles. The van der Waals surface area contributed by atoms with Crippen LogP contribution in [0.5, 0.6) is 0 Å². The van der Waals surface area contributed by atoms with Gasteiger partial charge in [-0.05, 0) is 50.0 Å². The first-order valence-electron chi connectivity index (χ1n) is 4.48. The molecule has 0 aromatic heterocycles. The Kier molecular flexibility index (Phi) is 1.59. The van der Waals surface area contributed by atoms with E-state index in [0.717, 1.165) is 17.8 Å². The molecule has 0 amide bonds. The molecular formula is C10H14O. The molecule has 0 atom stereocenters. The first-order valence-corrected chi connectivity index (χ1v) is 4.48. The van der Waals surface area contributed by atoms with Crippen LogP contribution in [0.4, 0.5) is 0 Å². The summed E-state index contributed by atoms with van der Waals surface area (Å²) < 4.78 is 0. The SMILES string of the molecule is CC(=C(C=O)C1CC1)C1CC1. The van der Waals surface area contributed by atoms with Crippen molar-refractivity contribution in [2.75, 3.05) is 0 Å². The normalized spacial score (nSPS) is 26.3. The summed E-state index contributed by atoms with van der Waals surface area (Å²) in [6.07, 6.45) is 6.22. The number of carbonyl (C=O) groups excluding carboxylic acids is 1. The third kappa shape index (κ3) is 1.37. The van der Waals surface area contributed by atoms with E-state index in [1.807, 2.05) is 0 Å². The van der Waals surface area contributed by atoms with Crippen molar-refractivity contribution in [3.8, 4) is 0 Å². The van der Waals surface area contributed by atoms with E-state index in [9.17, 15) is 4.79 Å². The maximum absolute atomic E-state index is 10.7. The summed E-state index contributed by atoms with van der Waals surface area (Å²) >= 11 is 0. The monoisotopic (exact) mass is 150 g/mol. The van der Waals surface area contributed by atoms with Gasteiger partial charge in [-0.1, -0.05) is 5.57 Å². The molecule has 0 radical (unpaired) electrons. The van der Waals surface area contributed by atoms with Crippen molar-refractivity contribution in [2.45, 2.75) is 32.6 Å². The quantitative estimate of drug-likeness (QED) is 0.445. The molecule has 0 N–H and O–H groups in total. The van der Waals surface area contributed by atoms with Crippen molar-refractivity contribution in [2.24, 2.45) is 11.8 Å². The Morgan fingerprint density at radius 2 is 1.73 bits per heavy atom. The lowest BCUT2D eigenvalue weighted by Crippen LogP contribution is -1.94. The maximum atomic E-state index is 10.7. The minimum Gasteiger partial charge on any atom is -0.298 e. The Labute approximate surface area is 67.5 Å². The number of allylic oxidation sites excluding steroid dienone is 2. The maximum Gasteiger partial charge on any atom is 0.146 e. The van der Waals surface area contributed by atoms with Crippen molar-refractivity contribution >= 4 is 6.29 Å². The van der Waals surface area contributed by atoms with Gasteiger partial charge in [-0.3, -0.25) is 4.79 Å². The average molecular weight is 150 g/mol. The fourth-order valence-electron chi connectivity index (χ4n) is 1.66. The summed E-state index contributed by atoms with van der Waals surface area (Å²) in [7, 11) is 0. The van der Waals surface area contributed by atoms with Gasteiger partial charge in [0.05, 0.1) is 0 Å². The molecule has 0 aromatic rings. The van der Waals surface area contributed by atoms with Crippen LogP contribution >= 0.6 is 0 Å². The highest BCUT2D eigenvalue weighted by atomic mass is 16.1. The van der Waals surface area contributed by atoms with Crippen LogP contribution < -0.4 is 0 Å². The second-order valence-electron chi connectivity index (χ2n) is 3.80. The molecule has 1 nitrogen and oxygen atoms in total. The van der Waals surface area contributed by atoms with Gasteiger partial charge in [0, 0.05) is 0 Å². The van der Waals surface area contributed by atoms with E-state index in [4.69, 9.17) is 0 Å². The third-order valence-corrected chi connectivity index (χ3v) is 2.79. The van der Waals surface area contributed by atoms with E-state index in [2.05, 4.69) is 6.92 Å². The van der Waals surface area contributed by atoms with Gasteiger partial charge in [-0.15, -0.1) is 0 Å². The second kappa shape index (κ2) is 2.47. The Balaban J connectivity index is 2.15. The molecule has 0 aromatic carbocycles. The second-order valence-corrected chi connectivity index (χ2v) is 3.80. The zero-order valence-corrected chi connectivity index (χ0v) is 6.97. The van der Waals surface area contributed by atoms with Gasteiger partial charge in [-0.25, -0.2) is 0 Å². The summed E-state index contributed by atoms with van der Waals surface area (Å²) in [4.78, 5) is 10.7. The predicted octanol–water partition coefficient (Wildman–Crippen LogP) is 2.32. The minimum atomic E-state index is 0.646. The Hall–Kier alpha value is -0.590. The molecule has 0 saturated heterocycles. The van der Waals surface area contributed by atoms with Crippen LogP contribution in [0.2, 0.25) is 0 Å². The minimum absolute atomic E-state index is 0.646. The first-order chi connectivity index (χ1) is 5.33. The van der Waals surface area contributed by atoms with Crippen LogP contribution in [0, 0.1) is 11.8 Å². The molecule has 11 heavy (non-hydrogen) atoms. The predicted molar refractivity (Wildman–Crippen MR) is 44.2 cm³/mol. The topological polar surface area (TPSA) is 17.1 Å². The summed E-state index contributed by atoms with van der Waals surface area (Å²) in [5.41, 5.74) is 2.52. The van der Waals surface area contributed by atoms with Crippen LogP contribution in [0.3, 0.4) is 0 Å². The van der Waals surface area contributed by atoms with Crippen molar-refractivity contribution in [3.63, 3.8) is 0 Å². The van der Waals surface area contributed by atoms with Gasteiger partial charge in [0.2, 0.25) is 0 Å². The van der Waals surface area contributed by atoms with Gasteiger partial charge >= 0.3 is 0 Å². The molecule has 0 unspecified atom stereocenters. The van der Waals surface area contributed by atoms with E-state index in [1.54, 1.807) is 0 Å². The van der Waals surface area contributed by atoms with Gasteiger partial charge in [-0.2, -0.15) is 0 Å². The molecule has 2 aliphatic carbocycles. The van der Waals surface area contributed by atoms with Crippen LogP contribution in [0.1, 0.15) is 32.6 Å². The highest BCUT2D eigenvalue weighted by Crippen LogP contribution is 2.43. The van der Waals surface area contributed by atoms with E-state index in [-0.39, 0.29) is 0 Å². The zero-order valence-electron chi connectivity index (χ0n) is 6.97. The van der Waals surface area contributed by atoms with Gasteiger partial charge in [0.1, 0.15) is 6.29 Å². The molecule has 0 spiro atoms. The van der Waals surface area contributed by atoms with Crippen LogP contribution in [-0.2, 0) is 4.79 Å². The highest BCUT2D eigenvalue weighted by molar-refractivity contribution is 5.76. The van der Waals surface area contributed by atoms with E-state index in [1.165, 1.54) is 31.3 Å². The van der Waals surface area contributed by atoms with Crippen molar-refractivity contribution < 1.29 is 4.79 Å². The molecular weight excluding hydrogens is 136 g/mol. The van der Waals surface area contributed by atoms with Gasteiger partial charge in [0.15, 0.2) is 0 Å². The van der Waals surface area contributed by atoms with Crippen molar-refractivity contribution in [3.05, 3.63) is 11.1 Å². The summed E-state index contributed by atoms with van der Waals surface area (Å²) in [5, 5.41) is 0. The number of hydrogen-bond donors (Lipinski definition) is 0. The average Bonchev–Trinajstić information content (AvgIpc) is 2.86. The molecule has 0 bridgehead atoms. The molecule has 1 heteroatoms. The van der Waals surface area contributed by atoms with Crippen LogP contribution in [0.15, 0.2) is 11.1 Å². The van der Waals surface area contributed by atoms with Gasteiger partial charge < -0.3 is 0 Å².